The lowest BCUT2D eigenvalue weighted by atomic mass is 9.92. The molecule has 0 aliphatic carbocycles. The average Bonchev–Trinajstić information content (AvgIpc) is 4.42. The van der Waals surface area contributed by atoms with Crippen LogP contribution in [0.25, 0.3) is 66.9 Å². The first-order valence-corrected chi connectivity index (χ1v) is 26.4. The number of methoxy groups -OCH3 is 2. The first-order valence-electron chi connectivity index (χ1n) is 26.4. The van der Waals surface area contributed by atoms with E-state index in [9.17, 15) is 13.6 Å². The minimum absolute atomic E-state index is 0.0772. The number of pyridine rings is 3. The smallest absolute Gasteiger partial charge is 0.272 e. The van der Waals surface area contributed by atoms with Gasteiger partial charge in [0.1, 0.15) is 29.5 Å². The zero-order chi connectivity index (χ0) is 58.7. The number of nitrogens with zero attached hydrogens (tertiary/aromatic N) is 10. The molecule has 0 spiro atoms. The molecule has 0 radical (unpaired) electrons. The summed E-state index contributed by atoms with van der Waals surface area (Å²) in [5, 5.41) is 12.8. The van der Waals surface area contributed by atoms with Crippen LogP contribution < -0.4 is 30.2 Å². The van der Waals surface area contributed by atoms with Gasteiger partial charge in [-0.3, -0.25) is 19.7 Å². The highest BCUT2D eigenvalue weighted by Gasteiger charge is 2.17. The number of carbonyl (C=O) groups excluding carboxylic acids is 1. The van der Waals surface area contributed by atoms with Gasteiger partial charge in [-0.15, -0.1) is 0 Å². The molecule has 9 aromatic heterocycles. The van der Waals surface area contributed by atoms with Crippen molar-refractivity contribution in [2.45, 2.75) is 32.6 Å². The summed E-state index contributed by atoms with van der Waals surface area (Å²) in [5.74, 6) is 3.03. The van der Waals surface area contributed by atoms with Gasteiger partial charge in [-0.25, -0.2) is 38.7 Å². The molecular formula is C62H58F2N16O4. The molecule has 12 aromatic rings. The Labute approximate surface area is 481 Å². The predicted octanol–water partition coefficient (Wildman–Crippen LogP) is 13.0. The number of amides is 1. The van der Waals surface area contributed by atoms with Crippen LogP contribution in [-0.4, -0.2) is 112 Å². The molecule has 0 unspecified atom stereocenters. The number of alkyl halides is 2. The highest BCUT2D eigenvalue weighted by Crippen LogP contribution is 2.30. The Balaban J connectivity index is 0.000000142. The van der Waals surface area contributed by atoms with Gasteiger partial charge in [0.2, 0.25) is 17.8 Å². The van der Waals surface area contributed by atoms with Crippen molar-refractivity contribution in [1.82, 2.24) is 64.7 Å². The van der Waals surface area contributed by atoms with E-state index in [0.717, 1.165) is 84.0 Å². The van der Waals surface area contributed by atoms with Crippen LogP contribution in [0.3, 0.4) is 0 Å². The van der Waals surface area contributed by atoms with Gasteiger partial charge in [0.25, 0.3) is 12.3 Å². The summed E-state index contributed by atoms with van der Waals surface area (Å²) in [4.78, 5) is 62.8. The molecule has 0 saturated heterocycles. The molecule has 0 aliphatic rings. The maximum Gasteiger partial charge on any atom is 0.272 e. The normalized spacial score (nSPS) is 11.1. The van der Waals surface area contributed by atoms with Crippen molar-refractivity contribution in [2.75, 3.05) is 50.9 Å². The SMILES string of the molecule is CN(C)C(=O)c1cc2cc(Nc3nccc(-c4cc(OCC(F)F)ccn4)n3)ccc2[nH]1.COc1ccnc(-c2ccnc(Nc3ccc4[nH]c(C(C)(C)C)cc4c3)n2)c1.COc1ccnc(-c2ccnc(Nc3ccc4cc[nH]c4c3)n2)c1. The summed E-state index contributed by atoms with van der Waals surface area (Å²) in [7, 11) is 6.65. The van der Waals surface area contributed by atoms with E-state index in [2.05, 4.69) is 115 Å². The second-order valence-electron chi connectivity index (χ2n) is 20.1. The van der Waals surface area contributed by atoms with Gasteiger partial charge in [0.05, 0.1) is 48.4 Å². The molecule has 12 rings (SSSR count). The molecule has 22 heteroatoms. The van der Waals surface area contributed by atoms with Gasteiger partial charge in [0, 0.05) is 131 Å². The van der Waals surface area contributed by atoms with Gasteiger partial charge in [-0.05, 0) is 109 Å². The Hall–Kier alpha value is -10.9. The molecular weight excluding hydrogens is 1070 g/mol. The van der Waals surface area contributed by atoms with Crippen LogP contribution in [0.1, 0.15) is 37.0 Å². The number of rotatable bonds is 15. The van der Waals surface area contributed by atoms with Gasteiger partial charge in [-0.2, -0.15) is 0 Å². The highest BCUT2D eigenvalue weighted by molar-refractivity contribution is 5.98. The topological polar surface area (TPSA) is 247 Å². The fourth-order valence-electron chi connectivity index (χ4n) is 8.54. The van der Waals surface area contributed by atoms with Crippen LogP contribution in [-0.2, 0) is 5.41 Å². The van der Waals surface area contributed by atoms with Crippen molar-refractivity contribution >= 4 is 73.5 Å². The van der Waals surface area contributed by atoms with E-state index in [-0.39, 0.29) is 17.1 Å². The summed E-state index contributed by atoms with van der Waals surface area (Å²) >= 11 is 0. The summed E-state index contributed by atoms with van der Waals surface area (Å²) < 4.78 is 40.3. The standard InChI is InChI=1S/C22H20F2N6O2.C22H23N5O.C18H15N5O/c1-30(2)21(31)19-10-13-9-14(3-4-16(13)28-19)27-22-26-8-6-17(29-22)18-11-15(5-7-25-18)32-12-20(23)24;1-22(2,3)20-12-14-11-15(5-6-17(14)26-20)25-21-24-10-8-18(27-21)19-13-16(28-4)7-9-23-19;1-24-14-5-8-20-17(11-14)15-6-9-21-18(23-15)22-13-3-2-12-4-7-19-16(12)10-13/h3-11,20,28H,12H2,1-2H3,(H,26,27,29);5-13,26H,1-4H3,(H,24,25,27);2-11,19H,1H3,(H,21,22,23). The number of hydrogen-bond donors (Lipinski definition) is 6. The molecule has 0 aliphatic heterocycles. The quantitative estimate of drug-likeness (QED) is 0.0558. The number of H-pyrrole nitrogens is 3. The maximum absolute atomic E-state index is 12.4. The van der Waals surface area contributed by atoms with Crippen LogP contribution in [0.4, 0.5) is 43.7 Å². The molecule has 20 nitrogen and oxygen atoms in total. The van der Waals surface area contributed by atoms with Gasteiger partial charge < -0.3 is 50.0 Å². The van der Waals surface area contributed by atoms with E-state index in [1.165, 1.54) is 22.9 Å². The minimum atomic E-state index is -2.56. The van der Waals surface area contributed by atoms with Crippen LogP contribution in [0, 0.1) is 0 Å². The highest BCUT2D eigenvalue weighted by atomic mass is 19.3. The molecule has 1 amide bonds. The summed E-state index contributed by atoms with van der Waals surface area (Å²) in [6, 6.07) is 39.5. The fraction of sp³-hybridized carbons (Fsp3) is 0.161. The molecule has 0 bridgehead atoms. The van der Waals surface area contributed by atoms with Crippen LogP contribution in [0.15, 0.2) is 171 Å². The van der Waals surface area contributed by atoms with Crippen molar-refractivity contribution in [2.24, 2.45) is 0 Å². The van der Waals surface area contributed by atoms with Crippen LogP contribution in [0.5, 0.6) is 17.2 Å². The maximum atomic E-state index is 12.4. The van der Waals surface area contributed by atoms with E-state index >= 15 is 0 Å². The first kappa shape index (κ1) is 56.4. The largest absolute Gasteiger partial charge is 0.497 e. The molecule has 9 heterocycles. The minimum Gasteiger partial charge on any atom is -0.497 e. The monoisotopic (exact) mass is 1130 g/mol. The van der Waals surface area contributed by atoms with Crippen molar-refractivity contribution in [3.05, 3.63) is 182 Å². The van der Waals surface area contributed by atoms with E-state index in [1.54, 1.807) is 83.6 Å². The summed E-state index contributed by atoms with van der Waals surface area (Å²) in [6.07, 6.45) is 9.23. The molecule has 0 fully saturated rings. The molecule has 3 aromatic carbocycles. The third-order valence-electron chi connectivity index (χ3n) is 12.8. The number of halogens is 2. The molecule has 0 atom stereocenters. The van der Waals surface area contributed by atoms with E-state index in [1.807, 2.05) is 85.1 Å². The fourth-order valence-corrected chi connectivity index (χ4v) is 8.54. The number of nitrogens with one attached hydrogen (secondary N) is 6. The molecule has 424 valence electrons. The lowest BCUT2D eigenvalue weighted by molar-refractivity contribution is 0.0816. The number of ether oxygens (including phenoxy) is 3. The van der Waals surface area contributed by atoms with Gasteiger partial charge >= 0.3 is 0 Å². The molecule has 6 N–H and O–H groups in total. The van der Waals surface area contributed by atoms with E-state index in [0.29, 0.717) is 34.9 Å². The number of benzene rings is 3. The zero-order valence-corrected chi connectivity index (χ0v) is 46.8. The second kappa shape index (κ2) is 25.3. The number of hydrogen-bond acceptors (Lipinski definition) is 16. The Morgan fingerprint density at radius 3 is 1.48 bits per heavy atom. The van der Waals surface area contributed by atoms with E-state index < -0.39 is 13.0 Å². The Bertz CT molecular complexity index is 4240. The average molecular weight is 1130 g/mol. The van der Waals surface area contributed by atoms with Crippen LogP contribution >= 0.6 is 0 Å². The number of carbonyl (C=O) groups is 1. The molecule has 0 saturated carbocycles. The third-order valence-corrected chi connectivity index (χ3v) is 12.8. The predicted molar refractivity (Wildman–Crippen MR) is 322 cm³/mol. The van der Waals surface area contributed by atoms with Crippen molar-refractivity contribution in [3.8, 4) is 51.4 Å². The second-order valence-corrected chi connectivity index (χ2v) is 20.1. The number of anilines is 6. The van der Waals surface area contributed by atoms with Gasteiger partial charge in [-0.1, -0.05) is 26.8 Å². The number of aromatic amines is 3. The zero-order valence-electron chi connectivity index (χ0n) is 46.8. The molecule has 84 heavy (non-hydrogen) atoms. The lowest BCUT2D eigenvalue weighted by Gasteiger charge is -2.15. The number of aromatic nitrogens is 12. The Morgan fingerprint density at radius 1 is 0.512 bits per heavy atom. The van der Waals surface area contributed by atoms with Crippen molar-refractivity contribution in [3.63, 3.8) is 0 Å². The van der Waals surface area contributed by atoms with Gasteiger partial charge in [0.15, 0.2) is 0 Å². The third kappa shape index (κ3) is 14.2. The Kier molecular flexibility index (Phi) is 17.0. The number of fused-ring (bicyclic) bond motifs is 3. The summed E-state index contributed by atoms with van der Waals surface area (Å²) in [5.41, 5.74) is 11.3. The first-order chi connectivity index (χ1) is 40.6. The van der Waals surface area contributed by atoms with E-state index in [4.69, 9.17) is 14.2 Å². The Morgan fingerprint density at radius 2 is 0.976 bits per heavy atom. The van der Waals surface area contributed by atoms with Crippen molar-refractivity contribution in [1.29, 1.82) is 0 Å². The van der Waals surface area contributed by atoms with Crippen molar-refractivity contribution < 1.29 is 27.8 Å². The lowest BCUT2D eigenvalue weighted by Crippen LogP contribution is -2.21. The van der Waals surface area contributed by atoms with Crippen LogP contribution in [0.2, 0.25) is 0 Å². The summed E-state index contributed by atoms with van der Waals surface area (Å²) in [6.45, 7) is 5.90.